The maximum atomic E-state index is 13.0. The van der Waals surface area contributed by atoms with Gasteiger partial charge in [-0.15, -0.1) is 0 Å². The summed E-state index contributed by atoms with van der Waals surface area (Å²) >= 11 is 0. The van der Waals surface area contributed by atoms with Crippen LogP contribution in [0.2, 0.25) is 0 Å². The van der Waals surface area contributed by atoms with Gasteiger partial charge in [0, 0.05) is 30.7 Å². The van der Waals surface area contributed by atoms with Crippen LogP contribution in [0.4, 0.5) is 0 Å². The molecule has 3 aliphatic rings. The van der Waals surface area contributed by atoms with Gasteiger partial charge in [0.1, 0.15) is 5.78 Å². The van der Waals surface area contributed by atoms with Crippen molar-refractivity contribution in [3.8, 4) is 0 Å². The largest absolute Gasteiger partial charge is 0.469 e. The number of methoxy groups -OCH3 is 1. The Morgan fingerprint density at radius 1 is 1.29 bits per heavy atom. The third-order valence-electron chi connectivity index (χ3n) is 8.23. The van der Waals surface area contributed by atoms with Gasteiger partial charge in [-0.25, -0.2) is 0 Å². The molecule has 4 nitrogen and oxygen atoms in total. The maximum Gasteiger partial charge on any atom is 0.305 e. The highest BCUT2D eigenvalue weighted by atomic mass is 16.5. The highest BCUT2D eigenvalue weighted by Gasteiger charge is 2.57. The van der Waals surface area contributed by atoms with Gasteiger partial charge in [0.25, 0.3) is 0 Å². The zero-order chi connectivity index (χ0) is 19.9. The number of pyridine rings is 1. The number of ether oxygens (including phenoxy) is 1. The first-order chi connectivity index (χ1) is 13.4. The smallest absolute Gasteiger partial charge is 0.305 e. The Kier molecular flexibility index (Phi) is 4.93. The number of allylic oxidation sites excluding steroid dienone is 2. The Morgan fingerprint density at radius 3 is 2.82 bits per heavy atom. The van der Waals surface area contributed by atoms with E-state index in [4.69, 9.17) is 4.74 Å². The van der Waals surface area contributed by atoms with Crippen LogP contribution in [-0.4, -0.2) is 23.8 Å². The molecule has 4 heteroatoms. The number of hydrogen-bond donors (Lipinski definition) is 0. The van der Waals surface area contributed by atoms with E-state index in [0.29, 0.717) is 42.8 Å². The van der Waals surface area contributed by atoms with E-state index in [1.807, 2.05) is 18.5 Å². The molecule has 0 unspecified atom stereocenters. The number of ketones is 1. The minimum atomic E-state index is -0.393. The summed E-state index contributed by atoms with van der Waals surface area (Å²) in [5, 5.41) is 0. The minimum Gasteiger partial charge on any atom is -0.469 e. The Labute approximate surface area is 167 Å². The van der Waals surface area contributed by atoms with Crippen molar-refractivity contribution in [1.82, 2.24) is 4.98 Å². The Morgan fingerprint density at radius 2 is 2.11 bits per heavy atom. The summed E-state index contributed by atoms with van der Waals surface area (Å²) in [6, 6.07) is 4.19. The number of nitrogens with zero attached hydrogens (tertiary/aromatic N) is 1. The Bertz CT molecular complexity index is 801. The lowest BCUT2D eigenvalue weighted by Gasteiger charge is -2.55. The number of aromatic nitrogens is 1. The standard InChI is InChI=1S/C24H31NO3/c1-23-12-10-20-17(6-9-21(26)24(20,2)13-11-22(27)28-3)19(23)8-7-18(23)16-5-4-14-25-15-16/h4-5,7,14-15,17,19-20H,6,8-13H2,1-3H3/t17-,19-,20-,23+,24+/m0/s1. The first kappa shape index (κ1) is 19.4. The fraction of sp³-hybridized carbons (Fsp3) is 0.625. The van der Waals surface area contributed by atoms with Crippen LogP contribution < -0.4 is 0 Å². The molecule has 1 aromatic heterocycles. The quantitative estimate of drug-likeness (QED) is 0.700. The molecule has 28 heavy (non-hydrogen) atoms. The zero-order valence-corrected chi connectivity index (χ0v) is 17.2. The fourth-order valence-corrected chi connectivity index (χ4v) is 6.60. The number of hydrogen-bond acceptors (Lipinski definition) is 4. The molecule has 3 aliphatic carbocycles. The highest BCUT2D eigenvalue weighted by molar-refractivity contribution is 5.86. The molecule has 1 aromatic rings. The molecular weight excluding hydrogens is 350 g/mol. The molecule has 0 aromatic carbocycles. The first-order valence-electron chi connectivity index (χ1n) is 10.6. The lowest BCUT2D eigenvalue weighted by atomic mass is 9.48. The van der Waals surface area contributed by atoms with E-state index in [1.165, 1.54) is 18.2 Å². The van der Waals surface area contributed by atoms with Gasteiger partial charge in [-0.3, -0.25) is 14.6 Å². The molecule has 0 N–H and O–H groups in total. The van der Waals surface area contributed by atoms with Crippen molar-refractivity contribution in [1.29, 1.82) is 0 Å². The lowest BCUT2D eigenvalue weighted by molar-refractivity contribution is -0.147. The van der Waals surface area contributed by atoms with Gasteiger partial charge in [0.15, 0.2) is 0 Å². The predicted octanol–water partition coefficient (Wildman–Crippen LogP) is 4.84. The summed E-state index contributed by atoms with van der Waals surface area (Å²) in [6.45, 7) is 4.53. The summed E-state index contributed by atoms with van der Waals surface area (Å²) in [5.74, 6) is 1.63. The molecule has 5 atom stereocenters. The van der Waals surface area contributed by atoms with Crippen LogP contribution in [0.25, 0.3) is 5.57 Å². The second kappa shape index (κ2) is 7.13. The van der Waals surface area contributed by atoms with Crippen molar-refractivity contribution in [2.45, 2.75) is 58.8 Å². The SMILES string of the molecule is COC(=O)CC[C@@]1(C)C(=O)CC[C@@H]2[C@@H]1CC[C@]1(C)C(c3cccnc3)=CC[C@@H]21. The van der Waals surface area contributed by atoms with Gasteiger partial charge in [-0.2, -0.15) is 0 Å². The number of carbonyl (C=O) groups excluding carboxylic acids is 2. The number of fused-ring (bicyclic) bond motifs is 3. The topological polar surface area (TPSA) is 56.3 Å². The van der Waals surface area contributed by atoms with E-state index < -0.39 is 5.41 Å². The fourth-order valence-electron chi connectivity index (χ4n) is 6.60. The Balaban J connectivity index is 1.59. The van der Waals surface area contributed by atoms with Crippen LogP contribution in [0.5, 0.6) is 0 Å². The van der Waals surface area contributed by atoms with Crippen molar-refractivity contribution in [2.75, 3.05) is 7.11 Å². The van der Waals surface area contributed by atoms with Gasteiger partial charge < -0.3 is 4.74 Å². The van der Waals surface area contributed by atoms with Gasteiger partial charge in [-0.1, -0.05) is 26.0 Å². The van der Waals surface area contributed by atoms with E-state index in [9.17, 15) is 9.59 Å². The monoisotopic (exact) mass is 381 g/mol. The summed E-state index contributed by atoms with van der Waals surface area (Å²) in [7, 11) is 1.42. The highest BCUT2D eigenvalue weighted by Crippen LogP contribution is 2.64. The molecule has 4 rings (SSSR count). The third kappa shape index (κ3) is 2.92. The number of rotatable bonds is 4. The molecule has 1 heterocycles. The Hall–Kier alpha value is -1.97. The molecule has 0 amide bonds. The third-order valence-corrected chi connectivity index (χ3v) is 8.23. The molecule has 2 fully saturated rings. The maximum absolute atomic E-state index is 13.0. The van der Waals surface area contributed by atoms with Crippen LogP contribution in [0.3, 0.4) is 0 Å². The zero-order valence-electron chi connectivity index (χ0n) is 17.2. The van der Waals surface area contributed by atoms with Gasteiger partial charge in [0.2, 0.25) is 0 Å². The normalized spacial score (nSPS) is 37.0. The van der Waals surface area contributed by atoms with E-state index in [2.05, 4.69) is 31.0 Å². The lowest BCUT2D eigenvalue weighted by Crippen LogP contribution is -2.51. The van der Waals surface area contributed by atoms with Gasteiger partial charge in [-0.05, 0) is 72.5 Å². The average Bonchev–Trinajstić information content (AvgIpc) is 3.07. The van der Waals surface area contributed by atoms with E-state index >= 15 is 0 Å². The summed E-state index contributed by atoms with van der Waals surface area (Å²) in [5.41, 5.74) is 2.45. The van der Waals surface area contributed by atoms with Crippen molar-refractivity contribution in [3.63, 3.8) is 0 Å². The van der Waals surface area contributed by atoms with Crippen LogP contribution in [0.15, 0.2) is 30.6 Å². The molecule has 0 bridgehead atoms. The molecular formula is C24H31NO3. The summed E-state index contributed by atoms with van der Waals surface area (Å²) in [4.78, 5) is 29.0. The van der Waals surface area contributed by atoms with Crippen molar-refractivity contribution in [3.05, 3.63) is 36.2 Å². The first-order valence-corrected chi connectivity index (χ1v) is 10.6. The molecule has 0 radical (unpaired) electrons. The van der Waals surface area contributed by atoms with E-state index in [0.717, 1.165) is 25.7 Å². The second-order valence-corrected chi connectivity index (χ2v) is 9.38. The number of esters is 1. The number of Topliss-reactive ketones (excluding diaryl/α,β-unsaturated/α-hetero) is 1. The van der Waals surface area contributed by atoms with Crippen molar-refractivity contribution in [2.24, 2.45) is 28.6 Å². The summed E-state index contributed by atoms with van der Waals surface area (Å²) < 4.78 is 4.84. The second-order valence-electron chi connectivity index (χ2n) is 9.38. The van der Waals surface area contributed by atoms with Gasteiger partial charge in [0.05, 0.1) is 7.11 Å². The van der Waals surface area contributed by atoms with Crippen molar-refractivity contribution < 1.29 is 14.3 Å². The van der Waals surface area contributed by atoms with Crippen molar-refractivity contribution >= 4 is 17.3 Å². The molecule has 150 valence electrons. The summed E-state index contributed by atoms with van der Waals surface area (Å²) in [6.07, 6.45) is 12.1. The average molecular weight is 382 g/mol. The van der Waals surface area contributed by atoms with Gasteiger partial charge >= 0.3 is 5.97 Å². The van der Waals surface area contributed by atoms with Crippen LogP contribution >= 0.6 is 0 Å². The molecule has 0 saturated heterocycles. The molecule has 0 aliphatic heterocycles. The van der Waals surface area contributed by atoms with Crippen LogP contribution in [0.1, 0.15) is 64.4 Å². The van der Waals surface area contributed by atoms with E-state index in [1.54, 1.807) is 0 Å². The molecule has 2 saturated carbocycles. The molecule has 0 spiro atoms. The van der Waals surface area contributed by atoms with Crippen LogP contribution in [-0.2, 0) is 14.3 Å². The van der Waals surface area contributed by atoms with E-state index in [-0.39, 0.29) is 11.4 Å². The van der Waals surface area contributed by atoms with Crippen LogP contribution in [0, 0.1) is 28.6 Å². The predicted molar refractivity (Wildman–Crippen MR) is 108 cm³/mol. The minimum absolute atomic E-state index is 0.161. The number of carbonyl (C=O) groups is 2.